The Kier molecular flexibility index (Phi) is 5.60. The van der Waals surface area contributed by atoms with Crippen LogP contribution in [-0.4, -0.2) is 35.3 Å². The van der Waals surface area contributed by atoms with Gasteiger partial charge in [-0.2, -0.15) is 0 Å². The van der Waals surface area contributed by atoms with Crippen molar-refractivity contribution in [2.24, 2.45) is 0 Å². The number of rotatable bonds is 3. The fraction of sp³-hybridized carbons (Fsp3) is 0.529. The fourth-order valence-electron chi connectivity index (χ4n) is 2.26. The lowest BCUT2D eigenvalue weighted by Crippen LogP contribution is -2.56. The van der Waals surface area contributed by atoms with E-state index in [0.717, 1.165) is 12.0 Å². The maximum atomic E-state index is 12.1. The van der Waals surface area contributed by atoms with Crippen LogP contribution in [0.25, 0.3) is 0 Å². The Morgan fingerprint density at radius 1 is 1.26 bits per heavy atom. The van der Waals surface area contributed by atoms with E-state index >= 15 is 0 Å². The molecule has 1 atom stereocenters. The lowest BCUT2D eigenvalue weighted by molar-refractivity contribution is -0.160. The summed E-state index contributed by atoms with van der Waals surface area (Å²) in [5.41, 5.74) is 3.27. The molecule has 0 bridgehead atoms. The molecule has 23 heavy (non-hydrogen) atoms. The SMILES string of the molecule is CC(C)(C)OC(=O)C1CCCN(C(=O)OCc2ccccc2)N1. The van der Waals surface area contributed by atoms with Crippen molar-refractivity contribution in [1.82, 2.24) is 10.4 Å². The van der Waals surface area contributed by atoms with Gasteiger partial charge in [-0.15, -0.1) is 0 Å². The molecule has 1 aliphatic rings. The highest BCUT2D eigenvalue weighted by atomic mass is 16.6. The third kappa shape index (κ3) is 5.56. The number of benzene rings is 1. The van der Waals surface area contributed by atoms with Crippen molar-refractivity contribution in [3.8, 4) is 0 Å². The van der Waals surface area contributed by atoms with Crippen LogP contribution >= 0.6 is 0 Å². The molecule has 1 aliphatic heterocycles. The molecule has 1 N–H and O–H groups in total. The Labute approximate surface area is 136 Å². The minimum atomic E-state index is -0.547. The second-order valence-electron chi connectivity index (χ2n) is 6.55. The number of ether oxygens (including phenoxy) is 2. The Bertz CT molecular complexity index is 539. The number of hydrogen-bond acceptors (Lipinski definition) is 5. The number of hydrazine groups is 1. The van der Waals surface area contributed by atoms with Crippen LogP contribution in [0.2, 0.25) is 0 Å². The molecule has 6 heteroatoms. The van der Waals surface area contributed by atoms with Gasteiger partial charge in [-0.3, -0.25) is 4.79 Å². The van der Waals surface area contributed by atoms with Crippen LogP contribution in [0.15, 0.2) is 30.3 Å². The van der Waals surface area contributed by atoms with Gasteiger partial charge in [0, 0.05) is 6.54 Å². The minimum Gasteiger partial charge on any atom is -0.459 e. The van der Waals surface area contributed by atoms with Crippen LogP contribution in [0.1, 0.15) is 39.2 Å². The molecule has 0 saturated carbocycles. The summed E-state index contributed by atoms with van der Waals surface area (Å²) in [6, 6.07) is 8.94. The quantitative estimate of drug-likeness (QED) is 0.867. The monoisotopic (exact) mass is 320 g/mol. The zero-order chi connectivity index (χ0) is 16.9. The molecule has 0 aromatic heterocycles. The molecule has 1 aromatic rings. The molecule has 1 saturated heterocycles. The van der Waals surface area contributed by atoms with Crippen LogP contribution in [0.5, 0.6) is 0 Å². The van der Waals surface area contributed by atoms with Gasteiger partial charge in [-0.05, 0) is 39.2 Å². The van der Waals surface area contributed by atoms with Crippen molar-refractivity contribution in [3.05, 3.63) is 35.9 Å². The Morgan fingerprint density at radius 3 is 2.61 bits per heavy atom. The smallest absolute Gasteiger partial charge is 0.424 e. The Morgan fingerprint density at radius 2 is 1.96 bits per heavy atom. The van der Waals surface area contributed by atoms with E-state index in [1.54, 1.807) is 0 Å². The Balaban J connectivity index is 1.85. The number of carbonyl (C=O) groups is 2. The lowest BCUT2D eigenvalue weighted by atomic mass is 10.1. The molecule has 126 valence electrons. The summed E-state index contributed by atoms with van der Waals surface area (Å²) in [5, 5.41) is 1.35. The third-order valence-electron chi connectivity index (χ3n) is 3.30. The highest BCUT2D eigenvalue weighted by molar-refractivity contribution is 5.77. The van der Waals surface area contributed by atoms with Gasteiger partial charge in [-0.1, -0.05) is 30.3 Å². The summed E-state index contributed by atoms with van der Waals surface area (Å²) in [7, 11) is 0. The van der Waals surface area contributed by atoms with Crippen molar-refractivity contribution in [3.63, 3.8) is 0 Å². The second kappa shape index (κ2) is 7.46. The van der Waals surface area contributed by atoms with Crippen molar-refractivity contribution in [2.45, 2.75) is 51.9 Å². The number of nitrogens with zero attached hydrogens (tertiary/aromatic N) is 1. The van der Waals surface area contributed by atoms with E-state index in [-0.39, 0.29) is 12.6 Å². The molecule has 2 rings (SSSR count). The van der Waals surface area contributed by atoms with Crippen LogP contribution in [-0.2, 0) is 20.9 Å². The van der Waals surface area contributed by atoms with Gasteiger partial charge in [0.25, 0.3) is 0 Å². The van der Waals surface area contributed by atoms with Gasteiger partial charge in [0.1, 0.15) is 18.2 Å². The number of amides is 1. The van der Waals surface area contributed by atoms with Crippen molar-refractivity contribution < 1.29 is 19.1 Å². The van der Waals surface area contributed by atoms with E-state index in [9.17, 15) is 9.59 Å². The number of nitrogens with one attached hydrogen (secondary N) is 1. The molecule has 0 spiro atoms. The van der Waals surface area contributed by atoms with E-state index in [1.165, 1.54) is 5.01 Å². The highest BCUT2D eigenvalue weighted by Crippen LogP contribution is 2.15. The molecular weight excluding hydrogens is 296 g/mol. The molecule has 0 aliphatic carbocycles. The van der Waals surface area contributed by atoms with Gasteiger partial charge < -0.3 is 9.47 Å². The number of esters is 1. The first kappa shape index (κ1) is 17.3. The largest absolute Gasteiger partial charge is 0.459 e. The summed E-state index contributed by atoms with van der Waals surface area (Å²) in [6.45, 7) is 6.17. The summed E-state index contributed by atoms with van der Waals surface area (Å²) in [4.78, 5) is 24.2. The molecule has 1 amide bonds. The standard InChI is InChI=1S/C17H24N2O4/c1-17(2,3)23-15(20)14-10-7-11-19(18-14)16(21)22-12-13-8-5-4-6-9-13/h4-6,8-9,14,18H,7,10-12H2,1-3H3. The van der Waals surface area contributed by atoms with E-state index in [0.29, 0.717) is 13.0 Å². The summed E-state index contributed by atoms with van der Waals surface area (Å²) in [6.07, 6.45) is 0.872. The first-order valence-electron chi connectivity index (χ1n) is 7.82. The molecule has 1 fully saturated rings. The molecular formula is C17H24N2O4. The van der Waals surface area contributed by atoms with Crippen LogP contribution < -0.4 is 5.43 Å². The first-order valence-corrected chi connectivity index (χ1v) is 7.82. The molecule has 1 unspecified atom stereocenters. The predicted molar refractivity (Wildman–Crippen MR) is 85.3 cm³/mol. The highest BCUT2D eigenvalue weighted by Gasteiger charge is 2.31. The number of hydrogen-bond donors (Lipinski definition) is 1. The molecule has 0 radical (unpaired) electrons. The van der Waals surface area contributed by atoms with Crippen molar-refractivity contribution >= 4 is 12.1 Å². The zero-order valence-corrected chi connectivity index (χ0v) is 13.9. The summed E-state index contributed by atoms with van der Waals surface area (Å²) in [5.74, 6) is -0.349. The van der Waals surface area contributed by atoms with E-state index in [4.69, 9.17) is 9.47 Å². The van der Waals surface area contributed by atoms with Gasteiger partial charge >= 0.3 is 12.1 Å². The average Bonchev–Trinajstić information content (AvgIpc) is 2.52. The molecule has 1 aromatic carbocycles. The van der Waals surface area contributed by atoms with Gasteiger partial charge in [-0.25, -0.2) is 15.2 Å². The van der Waals surface area contributed by atoms with E-state index < -0.39 is 17.7 Å². The maximum Gasteiger partial charge on any atom is 0.424 e. The topological polar surface area (TPSA) is 67.9 Å². The van der Waals surface area contributed by atoms with E-state index in [2.05, 4.69) is 5.43 Å². The van der Waals surface area contributed by atoms with Crippen LogP contribution in [0.4, 0.5) is 4.79 Å². The van der Waals surface area contributed by atoms with Gasteiger partial charge in [0.15, 0.2) is 0 Å². The first-order chi connectivity index (χ1) is 10.8. The zero-order valence-electron chi connectivity index (χ0n) is 13.9. The molecule has 1 heterocycles. The lowest BCUT2D eigenvalue weighted by Gasteiger charge is -2.33. The fourth-order valence-corrected chi connectivity index (χ4v) is 2.26. The van der Waals surface area contributed by atoms with Crippen LogP contribution in [0.3, 0.4) is 0 Å². The normalized spacial score (nSPS) is 18.4. The number of carbonyl (C=O) groups excluding carboxylic acids is 2. The molecule has 6 nitrogen and oxygen atoms in total. The van der Waals surface area contributed by atoms with Gasteiger partial charge in [0.2, 0.25) is 0 Å². The van der Waals surface area contributed by atoms with Crippen molar-refractivity contribution in [2.75, 3.05) is 6.54 Å². The maximum absolute atomic E-state index is 12.1. The average molecular weight is 320 g/mol. The third-order valence-corrected chi connectivity index (χ3v) is 3.30. The Hall–Kier alpha value is -2.08. The predicted octanol–water partition coefficient (Wildman–Crippen LogP) is 2.63. The summed E-state index contributed by atoms with van der Waals surface area (Å²) < 4.78 is 10.6. The van der Waals surface area contributed by atoms with Gasteiger partial charge in [0.05, 0.1) is 0 Å². The van der Waals surface area contributed by atoms with E-state index in [1.807, 2.05) is 51.1 Å². The second-order valence-corrected chi connectivity index (χ2v) is 6.55. The minimum absolute atomic E-state index is 0.203. The summed E-state index contributed by atoms with van der Waals surface area (Å²) >= 11 is 0. The van der Waals surface area contributed by atoms with Crippen LogP contribution in [0, 0.1) is 0 Å². The van der Waals surface area contributed by atoms with Crippen molar-refractivity contribution in [1.29, 1.82) is 0 Å².